The standard InChI is InChI=1S/C18H20F2N2O4S2/c19-18(20)26-15-7-10-27-16(15)17(23)21-12-13-5-4-6-14(11-13)28(24,25)22-8-2-1-3-9-22/h4-7,10-11,18H,1-3,8-9,12H2,(H,21,23). The highest BCUT2D eigenvalue weighted by atomic mass is 32.2. The van der Waals surface area contributed by atoms with Gasteiger partial charge in [-0.05, 0) is 42.0 Å². The van der Waals surface area contributed by atoms with E-state index in [-0.39, 0.29) is 22.1 Å². The van der Waals surface area contributed by atoms with E-state index in [0.717, 1.165) is 30.6 Å². The van der Waals surface area contributed by atoms with E-state index in [2.05, 4.69) is 10.1 Å². The molecule has 28 heavy (non-hydrogen) atoms. The summed E-state index contributed by atoms with van der Waals surface area (Å²) in [5.41, 5.74) is 0.597. The molecule has 10 heteroatoms. The van der Waals surface area contributed by atoms with Crippen LogP contribution >= 0.6 is 11.3 Å². The molecular formula is C18H20F2N2O4S2. The van der Waals surface area contributed by atoms with E-state index in [0.29, 0.717) is 18.7 Å². The summed E-state index contributed by atoms with van der Waals surface area (Å²) in [6.45, 7) is -1.94. The molecule has 152 valence electrons. The van der Waals surface area contributed by atoms with E-state index < -0.39 is 22.5 Å². The van der Waals surface area contributed by atoms with Crippen molar-refractivity contribution < 1.29 is 26.7 Å². The van der Waals surface area contributed by atoms with Gasteiger partial charge in [-0.15, -0.1) is 11.3 Å². The highest BCUT2D eigenvalue weighted by Gasteiger charge is 2.26. The van der Waals surface area contributed by atoms with Crippen LogP contribution in [0.3, 0.4) is 0 Å². The SMILES string of the molecule is O=C(NCc1cccc(S(=O)(=O)N2CCCCC2)c1)c1sccc1OC(F)F. The Hall–Kier alpha value is -2.04. The lowest BCUT2D eigenvalue weighted by molar-refractivity contribution is -0.0498. The summed E-state index contributed by atoms with van der Waals surface area (Å²) in [5.74, 6) is -0.742. The van der Waals surface area contributed by atoms with Gasteiger partial charge in [0, 0.05) is 19.6 Å². The Morgan fingerprint density at radius 2 is 1.96 bits per heavy atom. The van der Waals surface area contributed by atoms with Crippen molar-refractivity contribution in [1.29, 1.82) is 0 Å². The second-order valence-electron chi connectivity index (χ2n) is 6.29. The first-order chi connectivity index (χ1) is 13.4. The summed E-state index contributed by atoms with van der Waals surface area (Å²) in [4.78, 5) is 12.5. The normalized spacial score (nSPS) is 15.5. The number of halogens is 2. The number of benzene rings is 1. The van der Waals surface area contributed by atoms with Gasteiger partial charge in [0.2, 0.25) is 10.0 Å². The van der Waals surface area contributed by atoms with Crippen LogP contribution in [0.15, 0.2) is 40.6 Å². The number of rotatable bonds is 7. The molecule has 1 aromatic carbocycles. The summed E-state index contributed by atoms with van der Waals surface area (Å²) in [7, 11) is -3.57. The van der Waals surface area contributed by atoms with Gasteiger partial charge < -0.3 is 10.1 Å². The highest BCUT2D eigenvalue weighted by molar-refractivity contribution is 7.89. The Bertz CT molecular complexity index is 925. The highest BCUT2D eigenvalue weighted by Crippen LogP contribution is 2.26. The second kappa shape index (κ2) is 8.97. The molecule has 1 N–H and O–H groups in total. The van der Waals surface area contributed by atoms with Crippen LogP contribution < -0.4 is 10.1 Å². The fourth-order valence-corrected chi connectivity index (χ4v) is 5.31. The van der Waals surface area contributed by atoms with Crippen molar-refractivity contribution in [3.63, 3.8) is 0 Å². The van der Waals surface area contributed by atoms with Gasteiger partial charge in [-0.25, -0.2) is 8.42 Å². The molecule has 1 aliphatic heterocycles. The van der Waals surface area contributed by atoms with Gasteiger partial charge in [-0.1, -0.05) is 18.6 Å². The number of sulfonamides is 1. The minimum absolute atomic E-state index is 0.0393. The van der Waals surface area contributed by atoms with Crippen LogP contribution in [0.2, 0.25) is 0 Å². The predicted molar refractivity (Wildman–Crippen MR) is 101 cm³/mol. The quantitative estimate of drug-likeness (QED) is 0.730. The number of amides is 1. The maximum Gasteiger partial charge on any atom is 0.387 e. The van der Waals surface area contributed by atoms with Gasteiger partial charge in [0.05, 0.1) is 4.90 Å². The van der Waals surface area contributed by atoms with Crippen molar-refractivity contribution in [1.82, 2.24) is 9.62 Å². The first-order valence-corrected chi connectivity index (χ1v) is 11.1. The zero-order valence-corrected chi connectivity index (χ0v) is 16.6. The molecule has 1 saturated heterocycles. The average Bonchev–Trinajstić information content (AvgIpc) is 3.14. The van der Waals surface area contributed by atoms with Crippen LogP contribution in [0.4, 0.5) is 8.78 Å². The van der Waals surface area contributed by atoms with E-state index in [1.807, 2.05) is 0 Å². The summed E-state index contributed by atoms with van der Waals surface area (Å²) in [6.07, 6.45) is 2.72. The Kier molecular flexibility index (Phi) is 6.63. The fraction of sp³-hybridized carbons (Fsp3) is 0.389. The number of thiophene rings is 1. The molecule has 0 radical (unpaired) electrons. The van der Waals surface area contributed by atoms with Crippen molar-refractivity contribution >= 4 is 27.3 Å². The first kappa shape index (κ1) is 20.7. The summed E-state index contributed by atoms with van der Waals surface area (Å²) in [6, 6.07) is 7.67. The number of alkyl halides is 2. The molecule has 3 rings (SSSR count). The molecule has 0 bridgehead atoms. The lowest BCUT2D eigenvalue weighted by Gasteiger charge is -2.26. The van der Waals surface area contributed by atoms with E-state index >= 15 is 0 Å². The van der Waals surface area contributed by atoms with Crippen LogP contribution in [-0.4, -0.2) is 38.3 Å². The Morgan fingerprint density at radius 1 is 1.21 bits per heavy atom. The molecule has 2 aromatic rings. The van der Waals surface area contributed by atoms with Crippen LogP contribution in [0, 0.1) is 0 Å². The Labute approximate surface area is 166 Å². The number of nitrogens with one attached hydrogen (secondary N) is 1. The number of nitrogens with zero attached hydrogens (tertiary/aromatic N) is 1. The molecule has 2 heterocycles. The third-order valence-corrected chi connectivity index (χ3v) is 7.14. The van der Waals surface area contributed by atoms with Gasteiger partial charge in [-0.2, -0.15) is 13.1 Å². The molecule has 6 nitrogen and oxygen atoms in total. The van der Waals surface area contributed by atoms with Crippen molar-refractivity contribution in [2.75, 3.05) is 13.1 Å². The number of carbonyl (C=O) groups is 1. The summed E-state index contributed by atoms with van der Waals surface area (Å²) < 4.78 is 56.1. The lowest BCUT2D eigenvalue weighted by atomic mass is 10.2. The van der Waals surface area contributed by atoms with E-state index in [9.17, 15) is 22.0 Å². The minimum atomic E-state index is -3.57. The fourth-order valence-electron chi connectivity index (χ4n) is 2.98. The van der Waals surface area contributed by atoms with Gasteiger partial charge in [-0.3, -0.25) is 4.79 Å². The van der Waals surface area contributed by atoms with E-state index in [4.69, 9.17) is 0 Å². The van der Waals surface area contributed by atoms with Gasteiger partial charge >= 0.3 is 6.61 Å². The average molecular weight is 430 g/mol. The van der Waals surface area contributed by atoms with E-state index in [1.54, 1.807) is 12.1 Å². The van der Waals surface area contributed by atoms with Crippen LogP contribution in [0.1, 0.15) is 34.5 Å². The Morgan fingerprint density at radius 3 is 2.68 bits per heavy atom. The molecule has 0 atom stereocenters. The zero-order valence-electron chi connectivity index (χ0n) is 14.9. The van der Waals surface area contributed by atoms with Gasteiger partial charge in [0.1, 0.15) is 10.6 Å². The summed E-state index contributed by atoms with van der Waals surface area (Å²) >= 11 is 0.988. The molecule has 0 unspecified atom stereocenters. The molecule has 1 aromatic heterocycles. The van der Waals surface area contributed by atoms with Crippen molar-refractivity contribution in [3.8, 4) is 5.75 Å². The zero-order chi connectivity index (χ0) is 20.1. The number of hydrogen-bond donors (Lipinski definition) is 1. The number of ether oxygens (including phenoxy) is 1. The van der Waals surface area contributed by atoms with Gasteiger partial charge in [0.15, 0.2) is 0 Å². The lowest BCUT2D eigenvalue weighted by Crippen LogP contribution is -2.35. The monoisotopic (exact) mass is 430 g/mol. The van der Waals surface area contributed by atoms with Crippen molar-refractivity contribution in [2.24, 2.45) is 0 Å². The summed E-state index contributed by atoms with van der Waals surface area (Å²) in [5, 5.41) is 4.10. The van der Waals surface area contributed by atoms with Crippen molar-refractivity contribution in [3.05, 3.63) is 46.2 Å². The molecule has 0 saturated carbocycles. The molecule has 1 amide bonds. The maximum absolute atomic E-state index is 12.8. The largest absolute Gasteiger partial charge is 0.433 e. The third kappa shape index (κ3) is 4.86. The topological polar surface area (TPSA) is 75.7 Å². The Balaban J connectivity index is 1.68. The molecule has 0 aliphatic carbocycles. The number of piperidine rings is 1. The van der Waals surface area contributed by atoms with Crippen molar-refractivity contribution in [2.45, 2.75) is 37.3 Å². The second-order valence-corrected chi connectivity index (χ2v) is 9.14. The molecule has 0 spiro atoms. The van der Waals surface area contributed by atoms with Gasteiger partial charge in [0.25, 0.3) is 5.91 Å². The number of hydrogen-bond acceptors (Lipinski definition) is 5. The minimum Gasteiger partial charge on any atom is -0.433 e. The van der Waals surface area contributed by atoms with Crippen LogP contribution in [0.5, 0.6) is 5.75 Å². The third-order valence-electron chi connectivity index (χ3n) is 4.36. The maximum atomic E-state index is 12.8. The van der Waals surface area contributed by atoms with E-state index in [1.165, 1.54) is 27.9 Å². The smallest absolute Gasteiger partial charge is 0.387 e. The molecule has 1 fully saturated rings. The van der Waals surface area contributed by atoms with Crippen LogP contribution in [-0.2, 0) is 16.6 Å². The van der Waals surface area contributed by atoms with Crippen LogP contribution in [0.25, 0.3) is 0 Å². The first-order valence-electron chi connectivity index (χ1n) is 8.77. The molecule has 1 aliphatic rings. The predicted octanol–water partition coefficient (Wildman–Crippen LogP) is 3.45. The number of carbonyl (C=O) groups excluding carboxylic acids is 1. The molecular weight excluding hydrogens is 410 g/mol.